The summed E-state index contributed by atoms with van der Waals surface area (Å²) in [5.74, 6) is 0.829. The fraction of sp³-hybridized carbons (Fsp3) is 0.500. The first-order chi connectivity index (χ1) is 15.7. The van der Waals surface area contributed by atoms with Crippen LogP contribution in [0.5, 0.6) is 0 Å². The minimum absolute atomic E-state index is 0. The van der Waals surface area contributed by atoms with Crippen molar-refractivity contribution in [3.63, 3.8) is 0 Å². The first-order valence-electron chi connectivity index (χ1n) is 11.7. The average Bonchev–Trinajstić information content (AvgIpc) is 2.84. The molecule has 0 amide bonds. The lowest BCUT2D eigenvalue weighted by Gasteiger charge is -2.39. The van der Waals surface area contributed by atoms with E-state index in [2.05, 4.69) is 72.3 Å². The van der Waals surface area contributed by atoms with Crippen LogP contribution in [0.1, 0.15) is 43.9 Å². The summed E-state index contributed by atoms with van der Waals surface area (Å²) in [6.07, 6.45) is 1.90. The van der Waals surface area contributed by atoms with Crippen LogP contribution < -0.4 is 16.0 Å². The van der Waals surface area contributed by atoms with Crippen molar-refractivity contribution in [2.75, 3.05) is 39.5 Å². The number of halogens is 1. The summed E-state index contributed by atoms with van der Waals surface area (Å²) in [5.41, 5.74) is 2.41. The van der Waals surface area contributed by atoms with Crippen molar-refractivity contribution >= 4 is 29.9 Å². The van der Waals surface area contributed by atoms with Gasteiger partial charge in [0.2, 0.25) is 0 Å². The van der Waals surface area contributed by atoms with Gasteiger partial charge >= 0.3 is 0 Å². The molecule has 0 aliphatic carbocycles. The van der Waals surface area contributed by atoms with E-state index < -0.39 is 0 Å². The highest BCUT2D eigenvalue weighted by atomic mass is 127. The zero-order chi connectivity index (χ0) is 22.5. The molecule has 6 nitrogen and oxygen atoms in total. The van der Waals surface area contributed by atoms with E-state index in [1.54, 1.807) is 0 Å². The Labute approximate surface area is 216 Å². The number of benzene rings is 2. The average molecular weight is 567 g/mol. The summed E-state index contributed by atoms with van der Waals surface area (Å²) in [5, 5.41) is 10.6. The van der Waals surface area contributed by atoms with Gasteiger partial charge in [0.05, 0.1) is 19.8 Å². The van der Waals surface area contributed by atoms with Gasteiger partial charge in [-0.1, -0.05) is 60.7 Å². The van der Waals surface area contributed by atoms with Gasteiger partial charge in [0.1, 0.15) is 0 Å². The Morgan fingerprint density at radius 3 is 2.36 bits per heavy atom. The third-order valence-electron chi connectivity index (χ3n) is 5.81. The van der Waals surface area contributed by atoms with Crippen LogP contribution >= 0.6 is 24.0 Å². The first-order valence-corrected chi connectivity index (χ1v) is 11.7. The van der Waals surface area contributed by atoms with Crippen molar-refractivity contribution in [2.45, 2.75) is 44.9 Å². The van der Waals surface area contributed by atoms with Gasteiger partial charge in [-0.15, -0.1) is 24.0 Å². The van der Waals surface area contributed by atoms with Crippen molar-refractivity contribution < 1.29 is 9.47 Å². The Morgan fingerprint density at radius 2 is 1.70 bits per heavy atom. The number of hydrogen-bond donors (Lipinski definition) is 3. The fourth-order valence-corrected chi connectivity index (χ4v) is 3.97. The number of guanidine groups is 1. The predicted octanol–water partition coefficient (Wildman–Crippen LogP) is 4.28. The van der Waals surface area contributed by atoms with Crippen molar-refractivity contribution in [3.8, 4) is 0 Å². The SMILES string of the molecule is CCNC(=NCC1(NC(C)c2ccccc2)CCOCC1)NCCOCc1ccccc1.I. The Morgan fingerprint density at radius 1 is 1.03 bits per heavy atom. The number of aliphatic imine (C=N–C) groups is 1. The Kier molecular flexibility index (Phi) is 12.8. The Bertz CT molecular complexity index is 798. The molecular weight excluding hydrogens is 527 g/mol. The maximum absolute atomic E-state index is 5.79. The Balaban J connectivity index is 0.00000385. The molecule has 182 valence electrons. The number of nitrogens with zero attached hydrogens (tertiary/aromatic N) is 1. The van der Waals surface area contributed by atoms with Crippen LogP contribution in [0.3, 0.4) is 0 Å². The third kappa shape index (κ3) is 9.60. The topological polar surface area (TPSA) is 66.9 Å². The lowest BCUT2D eigenvalue weighted by molar-refractivity contribution is 0.0374. The molecule has 0 saturated carbocycles. The molecule has 1 unspecified atom stereocenters. The van der Waals surface area contributed by atoms with Crippen molar-refractivity contribution in [1.82, 2.24) is 16.0 Å². The molecule has 0 aromatic heterocycles. The quantitative estimate of drug-likeness (QED) is 0.164. The number of hydrogen-bond acceptors (Lipinski definition) is 4. The molecule has 2 aromatic carbocycles. The lowest BCUT2D eigenvalue weighted by atomic mass is 9.88. The molecule has 7 heteroatoms. The monoisotopic (exact) mass is 566 g/mol. The molecule has 3 N–H and O–H groups in total. The maximum Gasteiger partial charge on any atom is 0.191 e. The molecule has 1 heterocycles. The molecule has 1 aliphatic rings. The second-order valence-corrected chi connectivity index (χ2v) is 8.33. The molecule has 1 fully saturated rings. The molecule has 0 spiro atoms. The van der Waals surface area contributed by atoms with E-state index >= 15 is 0 Å². The van der Waals surface area contributed by atoms with Crippen LogP contribution in [0.2, 0.25) is 0 Å². The standard InChI is InChI=1S/C26H38N4O2.HI/c1-3-27-25(28-16-19-32-20-23-10-6-4-7-11-23)29-21-26(14-17-31-18-15-26)30-22(2)24-12-8-5-9-13-24;/h4-13,22,30H,3,14-21H2,1-2H3,(H2,27,28,29);1H. The lowest BCUT2D eigenvalue weighted by Crippen LogP contribution is -2.53. The molecule has 1 atom stereocenters. The van der Waals surface area contributed by atoms with Gasteiger partial charge in [-0.3, -0.25) is 4.99 Å². The van der Waals surface area contributed by atoms with E-state index in [-0.39, 0.29) is 35.6 Å². The second kappa shape index (κ2) is 15.3. The van der Waals surface area contributed by atoms with Crippen LogP contribution in [0.15, 0.2) is 65.7 Å². The van der Waals surface area contributed by atoms with Crippen LogP contribution in [0, 0.1) is 0 Å². The molecule has 1 saturated heterocycles. The number of rotatable bonds is 11. The van der Waals surface area contributed by atoms with Crippen molar-refractivity contribution in [2.24, 2.45) is 4.99 Å². The number of ether oxygens (including phenoxy) is 2. The van der Waals surface area contributed by atoms with E-state index in [4.69, 9.17) is 14.5 Å². The smallest absolute Gasteiger partial charge is 0.191 e. The minimum atomic E-state index is -0.0698. The first kappa shape index (κ1) is 27.6. The molecule has 0 bridgehead atoms. The summed E-state index contributed by atoms with van der Waals surface area (Å²) in [6, 6.07) is 21.1. The van der Waals surface area contributed by atoms with Crippen LogP contribution in [-0.4, -0.2) is 51.0 Å². The zero-order valence-electron chi connectivity index (χ0n) is 19.9. The normalized spacial score (nSPS) is 16.5. The maximum atomic E-state index is 5.79. The van der Waals surface area contributed by atoms with Crippen molar-refractivity contribution in [3.05, 3.63) is 71.8 Å². The fourth-order valence-electron chi connectivity index (χ4n) is 3.97. The molecule has 33 heavy (non-hydrogen) atoms. The molecule has 2 aromatic rings. The Hall–Kier alpha value is -1.68. The van der Waals surface area contributed by atoms with E-state index in [9.17, 15) is 0 Å². The van der Waals surface area contributed by atoms with Gasteiger partial charge in [-0.2, -0.15) is 0 Å². The highest BCUT2D eigenvalue weighted by Gasteiger charge is 2.34. The summed E-state index contributed by atoms with van der Waals surface area (Å²) in [7, 11) is 0. The van der Waals surface area contributed by atoms with E-state index in [0.717, 1.165) is 38.6 Å². The highest BCUT2D eigenvalue weighted by Crippen LogP contribution is 2.26. The summed E-state index contributed by atoms with van der Waals surface area (Å²) in [4.78, 5) is 4.93. The summed E-state index contributed by atoms with van der Waals surface area (Å²) >= 11 is 0. The molecular formula is C26H39IN4O2. The molecule has 0 radical (unpaired) electrons. The highest BCUT2D eigenvalue weighted by molar-refractivity contribution is 14.0. The third-order valence-corrected chi connectivity index (χ3v) is 5.81. The van der Waals surface area contributed by atoms with E-state index in [1.807, 2.05) is 18.2 Å². The van der Waals surface area contributed by atoms with E-state index in [0.29, 0.717) is 26.3 Å². The number of nitrogens with one attached hydrogen (secondary N) is 3. The van der Waals surface area contributed by atoms with Gasteiger partial charge in [-0.25, -0.2) is 0 Å². The van der Waals surface area contributed by atoms with Gasteiger partial charge < -0.3 is 25.4 Å². The van der Waals surface area contributed by atoms with Gasteiger partial charge in [0.25, 0.3) is 0 Å². The van der Waals surface area contributed by atoms with Crippen molar-refractivity contribution in [1.29, 1.82) is 0 Å². The second-order valence-electron chi connectivity index (χ2n) is 8.33. The van der Waals surface area contributed by atoms with Gasteiger partial charge in [0.15, 0.2) is 5.96 Å². The zero-order valence-corrected chi connectivity index (χ0v) is 22.2. The van der Waals surface area contributed by atoms with Gasteiger partial charge in [-0.05, 0) is 37.8 Å². The molecule has 1 aliphatic heterocycles. The van der Waals surface area contributed by atoms with Crippen LogP contribution in [0.25, 0.3) is 0 Å². The van der Waals surface area contributed by atoms with Gasteiger partial charge in [0, 0.05) is 37.9 Å². The minimum Gasteiger partial charge on any atom is -0.381 e. The largest absolute Gasteiger partial charge is 0.381 e. The van der Waals surface area contributed by atoms with Crippen LogP contribution in [0.4, 0.5) is 0 Å². The molecule has 3 rings (SSSR count). The van der Waals surface area contributed by atoms with Crippen LogP contribution in [-0.2, 0) is 16.1 Å². The summed E-state index contributed by atoms with van der Waals surface area (Å²) in [6.45, 7) is 9.33. The summed E-state index contributed by atoms with van der Waals surface area (Å²) < 4.78 is 11.4. The predicted molar refractivity (Wildman–Crippen MR) is 146 cm³/mol. The van der Waals surface area contributed by atoms with E-state index in [1.165, 1.54) is 11.1 Å².